The molecule has 0 atom stereocenters. The average molecular weight is 384 g/mol. The van der Waals surface area contributed by atoms with Gasteiger partial charge in [0, 0.05) is 22.4 Å². The predicted octanol–water partition coefficient (Wildman–Crippen LogP) is 3.11. The number of phenols is 1. The zero-order valence-electron chi connectivity index (χ0n) is 16.3. The van der Waals surface area contributed by atoms with Crippen LogP contribution >= 0.6 is 0 Å². The maximum Gasteiger partial charge on any atom is 0.335 e. The highest BCUT2D eigenvalue weighted by Crippen LogP contribution is 2.25. The van der Waals surface area contributed by atoms with Gasteiger partial charge in [-0.25, -0.2) is 4.79 Å². The molecule has 28 heavy (non-hydrogen) atoms. The van der Waals surface area contributed by atoms with Gasteiger partial charge in [0.25, 0.3) is 5.91 Å². The summed E-state index contributed by atoms with van der Waals surface area (Å²) >= 11 is 0. The third-order valence-electron chi connectivity index (χ3n) is 4.04. The first kappa shape index (κ1) is 21.0. The van der Waals surface area contributed by atoms with Crippen LogP contribution < -0.4 is 10.6 Å². The van der Waals surface area contributed by atoms with Crippen molar-refractivity contribution >= 4 is 23.5 Å². The van der Waals surface area contributed by atoms with E-state index in [0.717, 1.165) is 0 Å². The molecular weight excluding hydrogens is 360 g/mol. The van der Waals surface area contributed by atoms with Gasteiger partial charge >= 0.3 is 5.97 Å². The smallest absolute Gasteiger partial charge is 0.335 e. The number of nitrogens with one attached hydrogen (secondary N) is 2. The highest BCUT2D eigenvalue weighted by Gasteiger charge is 2.18. The Bertz CT molecular complexity index is 929. The molecule has 2 aromatic carbocycles. The minimum absolute atomic E-state index is 0.0291. The summed E-state index contributed by atoms with van der Waals surface area (Å²) in [5.74, 6) is -1.96. The summed E-state index contributed by atoms with van der Waals surface area (Å²) < 4.78 is 0. The number of rotatable bonds is 5. The van der Waals surface area contributed by atoms with Crippen molar-refractivity contribution in [1.29, 1.82) is 0 Å². The van der Waals surface area contributed by atoms with Crippen LogP contribution in [0.4, 0.5) is 5.69 Å². The summed E-state index contributed by atoms with van der Waals surface area (Å²) in [6, 6.07) is 9.05. The number of carboxylic acids is 1. The zero-order chi connectivity index (χ0) is 21.1. The van der Waals surface area contributed by atoms with Gasteiger partial charge < -0.3 is 20.8 Å². The van der Waals surface area contributed by atoms with Crippen molar-refractivity contribution in [2.45, 2.75) is 39.7 Å². The Kier molecular flexibility index (Phi) is 6.08. The maximum absolute atomic E-state index is 12.4. The lowest BCUT2D eigenvalue weighted by molar-refractivity contribution is -0.115. The lowest BCUT2D eigenvalue weighted by Crippen LogP contribution is -2.40. The van der Waals surface area contributed by atoms with E-state index in [1.807, 2.05) is 20.8 Å². The normalized spacial score (nSPS) is 11.0. The first-order chi connectivity index (χ1) is 13.0. The number of carboxylic acid groups (broad SMARTS) is 1. The minimum Gasteiger partial charge on any atom is -0.508 e. The highest BCUT2D eigenvalue weighted by atomic mass is 16.4. The molecule has 0 aliphatic carbocycles. The number of amides is 2. The van der Waals surface area contributed by atoms with Crippen LogP contribution in [-0.2, 0) is 11.2 Å². The summed E-state index contributed by atoms with van der Waals surface area (Å²) in [4.78, 5) is 35.9. The number of aromatic carboxylic acids is 1. The topological polar surface area (TPSA) is 116 Å². The average Bonchev–Trinajstić information content (AvgIpc) is 2.57. The number of phenolic OH excluding ortho intramolecular Hbond substituents is 1. The molecule has 0 heterocycles. The first-order valence-electron chi connectivity index (χ1n) is 8.75. The van der Waals surface area contributed by atoms with Crippen LogP contribution in [0.15, 0.2) is 36.4 Å². The van der Waals surface area contributed by atoms with Gasteiger partial charge in [0.2, 0.25) is 5.91 Å². The summed E-state index contributed by atoms with van der Waals surface area (Å²) in [5.41, 5.74) is 1.06. The monoisotopic (exact) mass is 384 g/mol. The van der Waals surface area contributed by atoms with E-state index < -0.39 is 11.9 Å². The molecule has 2 rings (SSSR count). The number of aromatic hydroxyl groups is 1. The van der Waals surface area contributed by atoms with Crippen molar-refractivity contribution in [2.24, 2.45) is 0 Å². The van der Waals surface area contributed by atoms with Crippen molar-refractivity contribution in [1.82, 2.24) is 5.32 Å². The van der Waals surface area contributed by atoms with E-state index in [1.165, 1.54) is 12.1 Å². The van der Waals surface area contributed by atoms with Gasteiger partial charge in [-0.15, -0.1) is 0 Å². The van der Waals surface area contributed by atoms with E-state index in [0.29, 0.717) is 16.8 Å². The van der Waals surface area contributed by atoms with Gasteiger partial charge in [-0.1, -0.05) is 6.07 Å². The van der Waals surface area contributed by atoms with Crippen molar-refractivity contribution in [3.8, 4) is 5.75 Å². The van der Waals surface area contributed by atoms with Gasteiger partial charge in [0.1, 0.15) is 5.75 Å². The SMILES string of the molecule is Cc1c(C(=O)O)ccc(O)c1CC(=O)Nc1cccc(C(=O)NC(C)(C)C)c1. The van der Waals surface area contributed by atoms with Crippen LogP contribution in [-0.4, -0.2) is 33.5 Å². The van der Waals surface area contributed by atoms with E-state index in [4.69, 9.17) is 0 Å². The lowest BCUT2D eigenvalue weighted by atomic mass is 9.98. The van der Waals surface area contributed by atoms with E-state index in [9.17, 15) is 24.6 Å². The molecule has 4 N–H and O–H groups in total. The summed E-state index contributed by atoms with van der Waals surface area (Å²) in [7, 11) is 0. The van der Waals surface area contributed by atoms with Crippen LogP contribution in [0.25, 0.3) is 0 Å². The fourth-order valence-corrected chi connectivity index (χ4v) is 2.71. The van der Waals surface area contributed by atoms with Crippen LogP contribution in [0.3, 0.4) is 0 Å². The maximum atomic E-state index is 12.4. The van der Waals surface area contributed by atoms with E-state index in [1.54, 1.807) is 31.2 Å². The van der Waals surface area contributed by atoms with Crippen LogP contribution in [0.2, 0.25) is 0 Å². The standard InChI is InChI=1S/C21H24N2O5/c1-12-15(20(27)28)8-9-17(24)16(12)11-18(25)22-14-7-5-6-13(10-14)19(26)23-21(2,3)4/h5-10,24H,11H2,1-4H3,(H,22,25)(H,23,26)(H,27,28). The summed E-state index contributed by atoms with van der Waals surface area (Å²) in [6.45, 7) is 7.16. The Morgan fingerprint density at radius 1 is 1.07 bits per heavy atom. The second kappa shape index (κ2) is 8.12. The third kappa shape index (κ3) is 5.33. The largest absolute Gasteiger partial charge is 0.508 e. The Hall–Kier alpha value is -3.35. The number of anilines is 1. The molecule has 0 spiro atoms. The molecule has 0 saturated heterocycles. The zero-order valence-corrected chi connectivity index (χ0v) is 16.3. The van der Waals surface area contributed by atoms with Crippen molar-refractivity contribution < 1.29 is 24.6 Å². The molecule has 0 unspecified atom stereocenters. The molecule has 148 valence electrons. The predicted molar refractivity (Wildman–Crippen MR) is 106 cm³/mol. The lowest BCUT2D eigenvalue weighted by Gasteiger charge is -2.20. The van der Waals surface area contributed by atoms with E-state index in [-0.39, 0.29) is 34.7 Å². The number of benzene rings is 2. The Morgan fingerprint density at radius 2 is 1.75 bits per heavy atom. The quantitative estimate of drug-likeness (QED) is 0.632. The molecule has 0 radical (unpaired) electrons. The summed E-state index contributed by atoms with van der Waals surface area (Å²) in [6.07, 6.45) is -0.197. The van der Waals surface area contributed by atoms with Gasteiger partial charge in [0.05, 0.1) is 12.0 Å². The number of hydrogen-bond acceptors (Lipinski definition) is 4. The van der Waals surface area contributed by atoms with E-state index >= 15 is 0 Å². The number of hydrogen-bond donors (Lipinski definition) is 4. The van der Waals surface area contributed by atoms with E-state index in [2.05, 4.69) is 10.6 Å². The Labute approximate surface area is 163 Å². The van der Waals surface area contributed by atoms with Crippen LogP contribution in [0.1, 0.15) is 52.6 Å². The number of carbonyl (C=O) groups excluding carboxylic acids is 2. The molecule has 0 bridgehead atoms. The fourth-order valence-electron chi connectivity index (χ4n) is 2.71. The molecule has 0 aliphatic heterocycles. The number of carbonyl (C=O) groups is 3. The van der Waals surface area contributed by atoms with Crippen molar-refractivity contribution in [2.75, 3.05) is 5.32 Å². The van der Waals surface area contributed by atoms with Crippen LogP contribution in [0, 0.1) is 6.92 Å². The van der Waals surface area contributed by atoms with Gasteiger partial charge in [-0.3, -0.25) is 9.59 Å². The second-order valence-corrected chi connectivity index (χ2v) is 7.55. The fraction of sp³-hybridized carbons (Fsp3) is 0.286. The molecule has 0 fully saturated rings. The first-order valence-corrected chi connectivity index (χ1v) is 8.75. The highest BCUT2D eigenvalue weighted by molar-refractivity contribution is 5.98. The minimum atomic E-state index is -1.13. The molecule has 0 aromatic heterocycles. The van der Waals surface area contributed by atoms with Gasteiger partial charge in [-0.2, -0.15) is 0 Å². The van der Waals surface area contributed by atoms with Crippen LogP contribution in [0.5, 0.6) is 5.75 Å². The molecule has 0 saturated carbocycles. The molecule has 0 aliphatic rings. The molecule has 2 amide bonds. The molecule has 7 heteroatoms. The molecule has 7 nitrogen and oxygen atoms in total. The second-order valence-electron chi connectivity index (χ2n) is 7.55. The van der Waals surface area contributed by atoms with Gasteiger partial charge in [0.15, 0.2) is 0 Å². The summed E-state index contributed by atoms with van der Waals surface area (Å²) in [5, 5.41) is 24.7. The van der Waals surface area contributed by atoms with Crippen molar-refractivity contribution in [3.63, 3.8) is 0 Å². The Balaban J connectivity index is 2.17. The van der Waals surface area contributed by atoms with Gasteiger partial charge in [-0.05, 0) is 63.6 Å². The molecular formula is C21H24N2O5. The third-order valence-corrected chi connectivity index (χ3v) is 4.04. The van der Waals surface area contributed by atoms with Crippen molar-refractivity contribution in [3.05, 3.63) is 58.7 Å². The molecule has 2 aromatic rings. The Morgan fingerprint density at radius 3 is 2.36 bits per heavy atom.